The van der Waals surface area contributed by atoms with Crippen molar-refractivity contribution in [1.82, 2.24) is 20.3 Å². The van der Waals surface area contributed by atoms with E-state index in [1.165, 1.54) is 6.07 Å². The van der Waals surface area contributed by atoms with Crippen LogP contribution in [0.4, 0.5) is 4.39 Å². The summed E-state index contributed by atoms with van der Waals surface area (Å²) in [5.41, 5.74) is 5.45. The molecular formula is C26H21FN4O. The molecule has 5 rings (SSSR count). The summed E-state index contributed by atoms with van der Waals surface area (Å²) in [7, 11) is 0. The van der Waals surface area contributed by atoms with Gasteiger partial charge in [-0.3, -0.25) is 14.8 Å². The molecule has 0 saturated carbocycles. The summed E-state index contributed by atoms with van der Waals surface area (Å²) in [6.07, 6.45) is 5.86. The van der Waals surface area contributed by atoms with Gasteiger partial charge < -0.3 is 10.3 Å². The molecule has 0 aliphatic heterocycles. The highest BCUT2D eigenvalue weighted by molar-refractivity contribution is 5.94. The zero-order valence-electron chi connectivity index (χ0n) is 17.5. The number of halogens is 1. The number of carbonyl (C=O) groups excluding carboxylic acids is 1. The van der Waals surface area contributed by atoms with Gasteiger partial charge in [0.2, 0.25) is 0 Å². The average molecular weight is 424 g/mol. The zero-order valence-corrected chi connectivity index (χ0v) is 17.5. The van der Waals surface area contributed by atoms with Crippen LogP contribution >= 0.6 is 0 Å². The highest BCUT2D eigenvalue weighted by atomic mass is 19.1. The Morgan fingerprint density at radius 3 is 2.88 bits per heavy atom. The van der Waals surface area contributed by atoms with Gasteiger partial charge in [0.1, 0.15) is 5.82 Å². The molecule has 0 bridgehead atoms. The molecule has 158 valence electrons. The third-order valence-corrected chi connectivity index (χ3v) is 5.61. The van der Waals surface area contributed by atoms with Crippen LogP contribution in [-0.4, -0.2) is 20.9 Å². The van der Waals surface area contributed by atoms with Gasteiger partial charge in [0, 0.05) is 64.7 Å². The van der Waals surface area contributed by atoms with Gasteiger partial charge in [-0.05, 0) is 54.4 Å². The van der Waals surface area contributed by atoms with E-state index in [1.54, 1.807) is 24.4 Å². The number of nitrogens with one attached hydrogen (secondary N) is 2. The number of hydrogen-bond acceptors (Lipinski definition) is 3. The number of rotatable bonds is 5. The molecule has 0 atom stereocenters. The van der Waals surface area contributed by atoms with Crippen LogP contribution in [0.15, 0.2) is 73.2 Å². The van der Waals surface area contributed by atoms with Gasteiger partial charge in [0.15, 0.2) is 0 Å². The molecule has 3 heterocycles. The largest absolute Gasteiger partial charge is 0.361 e. The van der Waals surface area contributed by atoms with Crippen molar-refractivity contribution in [1.29, 1.82) is 0 Å². The first-order valence-electron chi connectivity index (χ1n) is 10.4. The van der Waals surface area contributed by atoms with Crippen molar-refractivity contribution in [2.75, 3.05) is 0 Å². The van der Waals surface area contributed by atoms with Crippen LogP contribution in [0.2, 0.25) is 0 Å². The van der Waals surface area contributed by atoms with E-state index in [-0.39, 0.29) is 18.3 Å². The molecule has 0 aliphatic rings. The molecule has 0 saturated heterocycles. The van der Waals surface area contributed by atoms with Gasteiger partial charge in [-0.2, -0.15) is 0 Å². The maximum Gasteiger partial charge on any atom is 0.251 e. The second-order valence-electron chi connectivity index (χ2n) is 7.89. The number of carbonyl (C=O) groups is 1. The first kappa shape index (κ1) is 19.9. The van der Waals surface area contributed by atoms with E-state index in [0.29, 0.717) is 17.5 Å². The number of fused-ring (bicyclic) bond motifs is 2. The lowest BCUT2D eigenvalue weighted by molar-refractivity contribution is 0.0950. The normalized spacial score (nSPS) is 11.2. The lowest BCUT2D eigenvalue weighted by Gasteiger charge is -2.09. The molecule has 0 aliphatic carbocycles. The van der Waals surface area contributed by atoms with Crippen LogP contribution in [0, 0.1) is 12.7 Å². The Hall–Kier alpha value is -4.06. The van der Waals surface area contributed by atoms with E-state index < -0.39 is 0 Å². The molecular weight excluding hydrogens is 403 g/mol. The maximum atomic E-state index is 14.4. The number of para-hydroxylation sites is 1. The monoisotopic (exact) mass is 424 g/mol. The fourth-order valence-electron chi connectivity index (χ4n) is 3.88. The highest BCUT2D eigenvalue weighted by Crippen LogP contribution is 2.22. The van der Waals surface area contributed by atoms with Gasteiger partial charge >= 0.3 is 0 Å². The number of benzene rings is 2. The molecule has 1 amide bonds. The van der Waals surface area contributed by atoms with Crippen LogP contribution < -0.4 is 5.32 Å². The zero-order chi connectivity index (χ0) is 22.1. The summed E-state index contributed by atoms with van der Waals surface area (Å²) in [6.45, 7) is 2.07. The number of amides is 1. The van der Waals surface area contributed by atoms with Gasteiger partial charge in [0.05, 0.1) is 5.52 Å². The Kier molecular flexibility index (Phi) is 5.11. The van der Waals surface area contributed by atoms with Crippen molar-refractivity contribution < 1.29 is 9.18 Å². The second-order valence-corrected chi connectivity index (χ2v) is 7.89. The number of pyridine rings is 2. The minimum Gasteiger partial charge on any atom is -0.361 e. The van der Waals surface area contributed by atoms with Crippen LogP contribution in [0.5, 0.6) is 0 Å². The molecule has 0 radical (unpaired) electrons. The minimum atomic E-state index is -0.348. The molecule has 32 heavy (non-hydrogen) atoms. The van der Waals surface area contributed by atoms with Gasteiger partial charge in [-0.15, -0.1) is 0 Å². The van der Waals surface area contributed by atoms with E-state index in [4.69, 9.17) is 0 Å². The Bertz CT molecular complexity index is 1460. The van der Waals surface area contributed by atoms with E-state index in [0.717, 1.165) is 38.6 Å². The molecule has 5 aromatic rings. The first-order chi connectivity index (χ1) is 15.6. The standard InChI is InChI=1S/C26H21FN4O/c1-16-13-29-25-12-23(27)20(11-22(16)25)15-31-26(32)19-6-7-28-21(10-19)9-17-8-18-4-2-3-5-24(18)30-14-17/h2-8,10-14,29H,9,15H2,1H3,(H,31,32). The molecule has 2 aromatic carbocycles. The Morgan fingerprint density at radius 1 is 1.09 bits per heavy atom. The van der Waals surface area contributed by atoms with Crippen molar-refractivity contribution in [2.45, 2.75) is 19.9 Å². The highest BCUT2D eigenvalue weighted by Gasteiger charge is 2.11. The van der Waals surface area contributed by atoms with Crippen molar-refractivity contribution in [3.8, 4) is 0 Å². The topological polar surface area (TPSA) is 70.7 Å². The third kappa shape index (κ3) is 3.95. The van der Waals surface area contributed by atoms with Crippen LogP contribution in [-0.2, 0) is 13.0 Å². The van der Waals surface area contributed by atoms with Crippen molar-refractivity contribution in [3.63, 3.8) is 0 Å². The predicted octanol–water partition coefficient (Wildman–Crippen LogP) is 5.08. The predicted molar refractivity (Wildman–Crippen MR) is 123 cm³/mol. The lowest BCUT2D eigenvalue weighted by Crippen LogP contribution is -2.23. The molecule has 2 N–H and O–H groups in total. The van der Waals surface area contributed by atoms with Gasteiger partial charge in [0.25, 0.3) is 5.91 Å². The number of aromatic nitrogens is 3. The van der Waals surface area contributed by atoms with E-state index in [2.05, 4.69) is 26.3 Å². The summed E-state index contributed by atoms with van der Waals surface area (Å²) in [4.78, 5) is 24.6. The summed E-state index contributed by atoms with van der Waals surface area (Å²) in [5.74, 6) is -0.616. The molecule has 0 spiro atoms. The summed E-state index contributed by atoms with van der Waals surface area (Å²) in [5, 5.41) is 4.83. The summed E-state index contributed by atoms with van der Waals surface area (Å²) in [6, 6.07) is 16.7. The van der Waals surface area contributed by atoms with Crippen molar-refractivity contribution in [3.05, 3.63) is 107 Å². The number of nitrogens with zero attached hydrogens (tertiary/aromatic N) is 2. The Labute approximate surface area is 184 Å². The third-order valence-electron chi connectivity index (χ3n) is 5.61. The SMILES string of the molecule is Cc1c[nH]c2cc(F)c(CNC(=O)c3ccnc(Cc4cnc5ccccc5c4)c3)cc12. The van der Waals surface area contributed by atoms with E-state index in [9.17, 15) is 9.18 Å². The van der Waals surface area contributed by atoms with Crippen LogP contribution in [0.3, 0.4) is 0 Å². The fraction of sp³-hybridized carbons (Fsp3) is 0.115. The first-order valence-corrected chi connectivity index (χ1v) is 10.4. The number of H-pyrrole nitrogens is 1. The number of hydrogen-bond donors (Lipinski definition) is 2. The second kappa shape index (κ2) is 8.23. The fourth-order valence-corrected chi connectivity index (χ4v) is 3.88. The van der Waals surface area contributed by atoms with Gasteiger partial charge in [-0.25, -0.2) is 4.39 Å². The van der Waals surface area contributed by atoms with Gasteiger partial charge in [-0.1, -0.05) is 18.2 Å². The summed E-state index contributed by atoms with van der Waals surface area (Å²) < 4.78 is 14.4. The van der Waals surface area contributed by atoms with Crippen LogP contribution in [0.25, 0.3) is 21.8 Å². The molecule has 0 unspecified atom stereocenters. The lowest BCUT2D eigenvalue weighted by atomic mass is 10.1. The van der Waals surface area contributed by atoms with Crippen molar-refractivity contribution >= 4 is 27.7 Å². The van der Waals surface area contributed by atoms with E-state index in [1.807, 2.05) is 43.6 Å². The van der Waals surface area contributed by atoms with E-state index >= 15 is 0 Å². The molecule has 6 heteroatoms. The molecule has 0 fully saturated rings. The van der Waals surface area contributed by atoms with Crippen molar-refractivity contribution in [2.24, 2.45) is 0 Å². The van der Waals surface area contributed by atoms with Crippen LogP contribution in [0.1, 0.15) is 32.7 Å². The smallest absolute Gasteiger partial charge is 0.251 e. The summed E-state index contributed by atoms with van der Waals surface area (Å²) >= 11 is 0. The Morgan fingerprint density at radius 2 is 1.97 bits per heavy atom. The molecule has 3 aromatic heterocycles. The average Bonchev–Trinajstić information content (AvgIpc) is 3.16. The number of aromatic amines is 1. The quantitative estimate of drug-likeness (QED) is 0.413. The molecule has 5 nitrogen and oxygen atoms in total. The number of aryl methyl sites for hydroxylation is 1. The Balaban J connectivity index is 1.31. The maximum absolute atomic E-state index is 14.4. The minimum absolute atomic E-state index is 0.109.